The third kappa shape index (κ3) is 3.12. The molecule has 1 amide bonds. The molecule has 1 fully saturated rings. The lowest BCUT2D eigenvalue weighted by molar-refractivity contribution is -0.0230. The molecule has 0 saturated carbocycles. The molecule has 1 aliphatic rings. The van der Waals surface area contributed by atoms with E-state index >= 15 is 0 Å². The minimum atomic E-state index is -0.289. The molecular weight excluding hydrogens is 285 g/mol. The topological polar surface area (TPSA) is 55.3 Å². The Labute approximate surface area is 127 Å². The highest BCUT2D eigenvalue weighted by Crippen LogP contribution is 2.23. The van der Waals surface area contributed by atoms with Gasteiger partial charge in [0, 0.05) is 12.7 Å². The summed E-state index contributed by atoms with van der Waals surface area (Å²) in [5.41, 5.74) is 1.95. The Morgan fingerprint density at radius 2 is 2.05 bits per heavy atom. The quantitative estimate of drug-likeness (QED) is 0.853. The molecule has 1 aliphatic heterocycles. The second-order valence-corrected chi connectivity index (χ2v) is 5.21. The normalized spacial score (nSPS) is 18.3. The molecule has 114 valence electrons. The largest absolute Gasteiger partial charge is 0.370 e. The Balaban J connectivity index is 1.73. The van der Waals surface area contributed by atoms with Crippen LogP contribution in [0.3, 0.4) is 0 Å². The molecule has 0 aliphatic carbocycles. The number of carbonyl (C=O) groups is 1. The van der Waals surface area contributed by atoms with E-state index in [0.29, 0.717) is 25.4 Å². The molecule has 0 unspecified atom stereocenters. The Kier molecular flexibility index (Phi) is 4.11. The summed E-state index contributed by atoms with van der Waals surface area (Å²) in [6, 6.07) is 6.15. The van der Waals surface area contributed by atoms with Crippen LogP contribution in [0.2, 0.25) is 0 Å². The Bertz CT molecular complexity index is 658. The first kappa shape index (κ1) is 14.6. The van der Waals surface area contributed by atoms with Gasteiger partial charge in [-0.15, -0.1) is 0 Å². The van der Waals surface area contributed by atoms with Crippen LogP contribution in [0.1, 0.15) is 27.8 Å². The standard InChI is InChI=1S/C16H16FN3O2/c1-11-8-19-14(9-18-11)16(21)20-6-7-22-15(10-20)12-2-4-13(17)5-3-12/h2-5,8-9,15H,6-7,10H2,1H3/t15-/m1/s1. The van der Waals surface area contributed by atoms with Crippen LogP contribution in [0.5, 0.6) is 0 Å². The lowest BCUT2D eigenvalue weighted by atomic mass is 10.1. The lowest BCUT2D eigenvalue weighted by Crippen LogP contribution is -2.42. The van der Waals surface area contributed by atoms with Gasteiger partial charge in [0.1, 0.15) is 17.6 Å². The highest BCUT2D eigenvalue weighted by Gasteiger charge is 2.26. The molecule has 6 heteroatoms. The summed E-state index contributed by atoms with van der Waals surface area (Å²) in [6.45, 7) is 3.18. The summed E-state index contributed by atoms with van der Waals surface area (Å²) in [4.78, 5) is 22.4. The number of halogens is 1. The van der Waals surface area contributed by atoms with Crippen molar-refractivity contribution in [2.24, 2.45) is 0 Å². The maximum Gasteiger partial charge on any atom is 0.274 e. The van der Waals surface area contributed by atoms with Crippen LogP contribution < -0.4 is 0 Å². The minimum Gasteiger partial charge on any atom is -0.370 e. The van der Waals surface area contributed by atoms with Crippen molar-refractivity contribution in [3.8, 4) is 0 Å². The van der Waals surface area contributed by atoms with Gasteiger partial charge in [0.05, 0.1) is 25.0 Å². The number of hydrogen-bond donors (Lipinski definition) is 0. The van der Waals surface area contributed by atoms with Gasteiger partial charge in [-0.1, -0.05) is 12.1 Å². The molecule has 1 atom stereocenters. The molecule has 0 radical (unpaired) electrons. The number of ether oxygens (including phenoxy) is 1. The third-order valence-corrected chi connectivity index (χ3v) is 3.60. The lowest BCUT2D eigenvalue weighted by Gasteiger charge is -2.33. The fourth-order valence-corrected chi connectivity index (χ4v) is 2.38. The van der Waals surface area contributed by atoms with E-state index in [9.17, 15) is 9.18 Å². The summed E-state index contributed by atoms with van der Waals surface area (Å²) in [5.74, 6) is -0.453. The highest BCUT2D eigenvalue weighted by molar-refractivity contribution is 5.92. The van der Waals surface area contributed by atoms with Crippen LogP contribution in [0, 0.1) is 12.7 Å². The van der Waals surface area contributed by atoms with E-state index in [0.717, 1.165) is 11.3 Å². The zero-order valence-corrected chi connectivity index (χ0v) is 12.2. The van der Waals surface area contributed by atoms with Gasteiger partial charge in [0.25, 0.3) is 5.91 Å². The molecular formula is C16H16FN3O2. The van der Waals surface area contributed by atoms with Crippen LogP contribution in [0.4, 0.5) is 4.39 Å². The predicted octanol–water partition coefficient (Wildman–Crippen LogP) is 2.14. The van der Waals surface area contributed by atoms with Gasteiger partial charge in [0.15, 0.2) is 0 Å². The fraction of sp³-hybridized carbons (Fsp3) is 0.312. The molecule has 2 heterocycles. The van der Waals surface area contributed by atoms with E-state index in [2.05, 4.69) is 9.97 Å². The first-order chi connectivity index (χ1) is 10.6. The summed E-state index contributed by atoms with van der Waals surface area (Å²) < 4.78 is 18.7. The monoisotopic (exact) mass is 301 g/mol. The molecule has 1 saturated heterocycles. The average Bonchev–Trinajstić information content (AvgIpc) is 2.56. The molecule has 1 aromatic carbocycles. The maximum atomic E-state index is 13.0. The Morgan fingerprint density at radius 3 is 2.73 bits per heavy atom. The van der Waals surface area contributed by atoms with Crippen molar-refractivity contribution in [1.29, 1.82) is 0 Å². The van der Waals surface area contributed by atoms with Gasteiger partial charge in [-0.2, -0.15) is 0 Å². The maximum absolute atomic E-state index is 13.0. The van der Waals surface area contributed by atoms with E-state index < -0.39 is 0 Å². The SMILES string of the molecule is Cc1cnc(C(=O)N2CCO[C@@H](c3ccc(F)cc3)C2)cn1. The number of nitrogens with zero attached hydrogens (tertiary/aromatic N) is 3. The summed E-state index contributed by atoms with van der Waals surface area (Å²) >= 11 is 0. The predicted molar refractivity (Wildman–Crippen MR) is 77.8 cm³/mol. The van der Waals surface area contributed by atoms with Crippen molar-refractivity contribution in [3.63, 3.8) is 0 Å². The number of hydrogen-bond acceptors (Lipinski definition) is 4. The number of amides is 1. The zero-order valence-electron chi connectivity index (χ0n) is 12.2. The van der Waals surface area contributed by atoms with Gasteiger partial charge in [-0.3, -0.25) is 9.78 Å². The van der Waals surface area contributed by atoms with E-state index in [1.165, 1.54) is 18.3 Å². The van der Waals surface area contributed by atoms with Crippen LogP contribution in [-0.4, -0.2) is 40.5 Å². The first-order valence-corrected chi connectivity index (χ1v) is 7.08. The van der Waals surface area contributed by atoms with Crippen molar-refractivity contribution in [2.75, 3.05) is 19.7 Å². The molecule has 2 aromatic rings. The summed E-state index contributed by atoms with van der Waals surface area (Å²) in [6.07, 6.45) is 2.81. The van der Waals surface area contributed by atoms with Crippen molar-refractivity contribution < 1.29 is 13.9 Å². The molecule has 0 spiro atoms. The second kappa shape index (κ2) is 6.19. The van der Waals surface area contributed by atoms with Crippen molar-refractivity contribution in [2.45, 2.75) is 13.0 Å². The molecule has 5 nitrogen and oxygen atoms in total. The number of rotatable bonds is 2. The van der Waals surface area contributed by atoms with Crippen molar-refractivity contribution >= 4 is 5.91 Å². The van der Waals surface area contributed by atoms with Crippen LogP contribution in [0.25, 0.3) is 0 Å². The Hall–Kier alpha value is -2.34. The van der Waals surface area contributed by atoms with Crippen molar-refractivity contribution in [1.82, 2.24) is 14.9 Å². The number of aryl methyl sites for hydroxylation is 1. The first-order valence-electron chi connectivity index (χ1n) is 7.08. The van der Waals surface area contributed by atoms with E-state index in [1.807, 2.05) is 6.92 Å². The van der Waals surface area contributed by atoms with Gasteiger partial charge >= 0.3 is 0 Å². The summed E-state index contributed by atoms with van der Waals surface area (Å²) in [7, 11) is 0. The molecule has 1 aromatic heterocycles. The molecule has 0 bridgehead atoms. The zero-order chi connectivity index (χ0) is 15.5. The molecule has 22 heavy (non-hydrogen) atoms. The van der Waals surface area contributed by atoms with Gasteiger partial charge < -0.3 is 9.64 Å². The smallest absolute Gasteiger partial charge is 0.274 e. The Morgan fingerprint density at radius 1 is 1.27 bits per heavy atom. The summed E-state index contributed by atoms with van der Waals surface area (Å²) in [5, 5.41) is 0. The third-order valence-electron chi connectivity index (χ3n) is 3.60. The van der Waals surface area contributed by atoms with E-state index in [1.54, 1.807) is 23.2 Å². The molecule has 3 rings (SSSR count). The van der Waals surface area contributed by atoms with E-state index in [-0.39, 0.29) is 17.8 Å². The van der Waals surface area contributed by atoms with Crippen LogP contribution in [-0.2, 0) is 4.74 Å². The number of morpholine rings is 1. The van der Waals surface area contributed by atoms with Crippen LogP contribution in [0.15, 0.2) is 36.7 Å². The number of benzene rings is 1. The van der Waals surface area contributed by atoms with Crippen molar-refractivity contribution in [3.05, 3.63) is 59.4 Å². The van der Waals surface area contributed by atoms with E-state index in [4.69, 9.17) is 4.74 Å². The van der Waals surface area contributed by atoms with Gasteiger partial charge in [0.2, 0.25) is 0 Å². The number of carbonyl (C=O) groups excluding carboxylic acids is 1. The van der Waals surface area contributed by atoms with Gasteiger partial charge in [-0.05, 0) is 24.6 Å². The molecule has 0 N–H and O–H groups in total. The van der Waals surface area contributed by atoms with Crippen LogP contribution >= 0.6 is 0 Å². The number of aromatic nitrogens is 2. The van der Waals surface area contributed by atoms with Gasteiger partial charge in [-0.25, -0.2) is 9.37 Å². The highest BCUT2D eigenvalue weighted by atomic mass is 19.1. The average molecular weight is 301 g/mol. The second-order valence-electron chi connectivity index (χ2n) is 5.21. The fourth-order valence-electron chi connectivity index (χ4n) is 2.38. The minimum absolute atomic E-state index is 0.164.